The van der Waals surface area contributed by atoms with Gasteiger partial charge in [-0.05, 0) is 36.4 Å². The Bertz CT molecular complexity index is 954. The van der Waals surface area contributed by atoms with Crippen LogP contribution in [0.2, 0.25) is 0 Å². The molecule has 1 aliphatic rings. The number of carbonyl (C=O) groups is 1. The van der Waals surface area contributed by atoms with Crippen molar-refractivity contribution in [1.29, 1.82) is 0 Å². The van der Waals surface area contributed by atoms with Gasteiger partial charge < -0.3 is 14.4 Å². The van der Waals surface area contributed by atoms with E-state index in [0.717, 1.165) is 5.69 Å². The van der Waals surface area contributed by atoms with Gasteiger partial charge in [-0.2, -0.15) is 0 Å². The van der Waals surface area contributed by atoms with Gasteiger partial charge in [0, 0.05) is 16.7 Å². The molecule has 1 aliphatic heterocycles. The van der Waals surface area contributed by atoms with Crippen molar-refractivity contribution < 1.29 is 22.7 Å². The minimum absolute atomic E-state index is 0.0406. The second kappa shape index (κ2) is 7.84. The third-order valence-electron chi connectivity index (χ3n) is 4.42. The number of Topliss-reactive ketones (excluding diaryl/α,β-unsaturated/α-hetero) is 1. The minimum atomic E-state index is -3.24. The average Bonchev–Trinajstić information content (AvgIpc) is 3.05. The van der Waals surface area contributed by atoms with Crippen LogP contribution in [0.4, 0.5) is 5.69 Å². The van der Waals surface area contributed by atoms with E-state index >= 15 is 0 Å². The summed E-state index contributed by atoms with van der Waals surface area (Å²) in [6.45, 7) is 0.0457. The maximum atomic E-state index is 12.9. The van der Waals surface area contributed by atoms with E-state index in [4.69, 9.17) is 9.47 Å². The van der Waals surface area contributed by atoms with Crippen LogP contribution < -0.4 is 14.4 Å². The van der Waals surface area contributed by atoms with Crippen LogP contribution in [-0.2, 0) is 9.84 Å². The van der Waals surface area contributed by atoms with Gasteiger partial charge in [0.15, 0.2) is 27.1 Å². The van der Waals surface area contributed by atoms with Crippen molar-refractivity contribution in [2.75, 3.05) is 31.4 Å². The van der Waals surface area contributed by atoms with Crippen LogP contribution in [0.3, 0.4) is 0 Å². The second-order valence-corrected chi connectivity index (χ2v) is 8.11. The van der Waals surface area contributed by atoms with Gasteiger partial charge in [0.25, 0.3) is 0 Å². The number of ketones is 1. The van der Waals surface area contributed by atoms with Crippen molar-refractivity contribution in [3.63, 3.8) is 0 Å². The molecule has 2 aromatic rings. The molecule has 0 unspecified atom stereocenters. The Balaban J connectivity index is 1.88. The third-order valence-corrected chi connectivity index (χ3v) is 5.80. The fourth-order valence-electron chi connectivity index (χ4n) is 3.03. The number of benzene rings is 2. The van der Waals surface area contributed by atoms with E-state index in [1.807, 2.05) is 30.3 Å². The molecule has 1 atom stereocenters. The first-order valence-electron chi connectivity index (χ1n) is 8.41. The molecule has 0 N–H and O–H groups in total. The molecule has 27 heavy (non-hydrogen) atoms. The van der Waals surface area contributed by atoms with E-state index in [9.17, 15) is 13.2 Å². The molecule has 7 heteroatoms. The smallest absolute Gasteiger partial charge is 0.182 e. The fraction of sp³-hybridized carbons (Fsp3) is 0.250. The van der Waals surface area contributed by atoms with Crippen LogP contribution in [0, 0.1) is 0 Å². The van der Waals surface area contributed by atoms with Gasteiger partial charge >= 0.3 is 0 Å². The Morgan fingerprint density at radius 3 is 2.37 bits per heavy atom. The van der Waals surface area contributed by atoms with Crippen LogP contribution in [0.5, 0.6) is 11.5 Å². The molecule has 0 aromatic heterocycles. The van der Waals surface area contributed by atoms with Gasteiger partial charge in [-0.25, -0.2) is 8.42 Å². The van der Waals surface area contributed by atoms with E-state index in [0.29, 0.717) is 17.1 Å². The van der Waals surface area contributed by atoms with Crippen LogP contribution in [0.1, 0.15) is 10.4 Å². The van der Waals surface area contributed by atoms with Crippen LogP contribution >= 0.6 is 0 Å². The summed E-state index contributed by atoms with van der Waals surface area (Å²) in [7, 11) is -0.197. The first-order valence-corrected chi connectivity index (χ1v) is 10.1. The van der Waals surface area contributed by atoms with Crippen LogP contribution in [0.25, 0.3) is 0 Å². The maximum absolute atomic E-state index is 12.9. The zero-order valence-corrected chi connectivity index (χ0v) is 16.0. The zero-order chi connectivity index (χ0) is 19.4. The second-order valence-electron chi connectivity index (χ2n) is 6.18. The molecular formula is C20H21NO5S. The number of hydrogen-bond donors (Lipinski definition) is 0. The fourth-order valence-corrected chi connectivity index (χ4v) is 4.33. The van der Waals surface area contributed by atoms with Gasteiger partial charge in [0.1, 0.15) is 0 Å². The molecule has 0 bridgehead atoms. The van der Waals surface area contributed by atoms with E-state index < -0.39 is 9.84 Å². The highest BCUT2D eigenvalue weighted by atomic mass is 32.2. The lowest BCUT2D eigenvalue weighted by molar-refractivity contribution is 0.0997. The monoisotopic (exact) mass is 387 g/mol. The first kappa shape index (κ1) is 19.0. The van der Waals surface area contributed by atoms with Gasteiger partial charge in [0.2, 0.25) is 0 Å². The van der Waals surface area contributed by atoms with E-state index in [1.54, 1.807) is 29.2 Å². The summed E-state index contributed by atoms with van der Waals surface area (Å²) in [5.41, 5.74) is 1.26. The molecule has 2 aromatic carbocycles. The highest BCUT2D eigenvalue weighted by Gasteiger charge is 2.29. The topological polar surface area (TPSA) is 72.9 Å². The molecule has 6 nitrogen and oxygen atoms in total. The Kier molecular flexibility index (Phi) is 5.51. The predicted octanol–water partition coefficient (Wildman–Crippen LogP) is 2.70. The van der Waals surface area contributed by atoms with Gasteiger partial charge in [-0.3, -0.25) is 4.79 Å². The lowest BCUT2D eigenvalue weighted by Crippen LogP contribution is -2.40. The number of anilines is 1. The molecule has 0 amide bonds. The normalized spacial score (nSPS) is 17.5. The molecule has 0 saturated carbocycles. The van der Waals surface area contributed by atoms with Crippen LogP contribution in [0.15, 0.2) is 60.0 Å². The number of sulfone groups is 1. The highest BCUT2D eigenvalue weighted by Crippen LogP contribution is 2.28. The summed E-state index contributed by atoms with van der Waals surface area (Å²) in [5.74, 6) is 0.829. The van der Waals surface area contributed by atoms with Crippen molar-refractivity contribution in [2.45, 2.75) is 6.04 Å². The summed E-state index contributed by atoms with van der Waals surface area (Å²) >= 11 is 0. The van der Waals surface area contributed by atoms with E-state index in [-0.39, 0.29) is 24.1 Å². The molecule has 0 saturated heterocycles. The Morgan fingerprint density at radius 1 is 1.07 bits per heavy atom. The molecule has 0 fully saturated rings. The van der Waals surface area contributed by atoms with E-state index in [2.05, 4.69) is 0 Å². The number of rotatable bonds is 7. The van der Waals surface area contributed by atoms with Gasteiger partial charge in [-0.1, -0.05) is 18.2 Å². The lowest BCUT2D eigenvalue weighted by atomic mass is 10.1. The molecule has 1 heterocycles. The largest absolute Gasteiger partial charge is 0.493 e. The van der Waals surface area contributed by atoms with Crippen molar-refractivity contribution >= 4 is 21.3 Å². The molecule has 142 valence electrons. The molecule has 0 aliphatic carbocycles. The molecular weight excluding hydrogens is 366 g/mol. The van der Waals surface area contributed by atoms with Crippen molar-refractivity contribution in [3.05, 3.63) is 65.6 Å². The Labute approximate surface area is 158 Å². The summed E-state index contributed by atoms with van der Waals surface area (Å²) in [4.78, 5) is 14.7. The van der Waals surface area contributed by atoms with E-state index in [1.165, 1.54) is 19.6 Å². The number of methoxy groups -OCH3 is 2. The summed E-state index contributed by atoms with van der Waals surface area (Å²) < 4.78 is 34.2. The summed E-state index contributed by atoms with van der Waals surface area (Å²) in [5, 5.41) is 1.22. The highest BCUT2D eigenvalue weighted by molar-refractivity contribution is 7.94. The van der Waals surface area contributed by atoms with Gasteiger partial charge in [-0.15, -0.1) is 0 Å². The number of carbonyl (C=O) groups excluding carboxylic acids is 1. The van der Waals surface area contributed by atoms with Crippen molar-refractivity contribution in [2.24, 2.45) is 0 Å². The number of para-hydroxylation sites is 1. The number of nitrogens with zero attached hydrogens (tertiary/aromatic N) is 1. The number of hydrogen-bond acceptors (Lipinski definition) is 6. The molecule has 0 spiro atoms. The SMILES string of the molecule is COc1ccc(C(=O)CN(c2ccccc2)[C@@H]2C=CS(=O)(=O)C2)cc1OC. The lowest BCUT2D eigenvalue weighted by Gasteiger charge is -2.29. The van der Waals surface area contributed by atoms with Crippen molar-refractivity contribution in [3.8, 4) is 11.5 Å². The quantitative estimate of drug-likeness (QED) is 0.680. The van der Waals surface area contributed by atoms with Gasteiger partial charge in [0.05, 0.1) is 32.6 Å². The first-order chi connectivity index (χ1) is 12.9. The number of ether oxygens (including phenoxy) is 2. The average molecular weight is 387 g/mol. The van der Waals surface area contributed by atoms with Crippen molar-refractivity contribution in [1.82, 2.24) is 0 Å². The standard InChI is InChI=1S/C20H21NO5S/c1-25-19-9-8-15(12-20(19)26-2)18(22)13-21(16-6-4-3-5-7-16)17-10-11-27(23,24)14-17/h3-12,17H,13-14H2,1-2H3/t17-/m1/s1. The van der Waals surface area contributed by atoms with Crippen LogP contribution in [-0.4, -0.2) is 46.8 Å². The minimum Gasteiger partial charge on any atom is -0.493 e. The molecule has 0 radical (unpaired) electrons. The summed E-state index contributed by atoms with van der Waals surface area (Å²) in [6.07, 6.45) is 1.63. The predicted molar refractivity (Wildman–Crippen MR) is 104 cm³/mol. The third kappa shape index (κ3) is 4.31. The maximum Gasteiger partial charge on any atom is 0.182 e. The summed E-state index contributed by atoms with van der Waals surface area (Å²) in [6, 6.07) is 13.9. The molecule has 3 rings (SSSR count). The zero-order valence-electron chi connectivity index (χ0n) is 15.2. The Morgan fingerprint density at radius 2 is 1.78 bits per heavy atom. The Hall–Kier alpha value is -2.80.